The number of carbonyl (C=O) groups is 1. The molecule has 1 aliphatic rings. The Labute approximate surface area is 108 Å². The van der Waals surface area contributed by atoms with Gasteiger partial charge in [-0.2, -0.15) is 0 Å². The van der Waals surface area contributed by atoms with E-state index in [-0.39, 0.29) is 0 Å². The number of carbonyl (C=O) groups excluding carboxylic acids is 1. The molecule has 2 rings (SSSR count). The van der Waals surface area contributed by atoms with E-state index in [2.05, 4.69) is 24.1 Å². The number of anilines is 1. The first-order valence-corrected chi connectivity index (χ1v) is 6.57. The summed E-state index contributed by atoms with van der Waals surface area (Å²) in [6, 6.07) is 4.02. The van der Waals surface area contributed by atoms with Gasteiger partial charge in [-0.25, -0.2) is 4.98 Å². The number of pyridine rings is 1. The Balaban J connectivity index is 1.98. The van der Waals surface area contributed by atoms with Crippen LogP contribution in [0.3, 0.4) is 0 Å². The predicted molar refractivity (Wildman–Crippen MR) is 72.3 cm³/mol. The molecule has 1 aromatic rings. The van der Waals surface area contributed by atoms with Gasteiger partial charge < -0.3 is 11.1 Å². The van der Waals surface area contributed by atoms with Gasteiger partial charge in [0.25, 0.3) is 0 Å². The minimum Gasteiger partial charge on any atom is -0.367 e. The molecule has 0 bridgehead atoms. The topological polar surface area (TPSA) is 68.0 Å². The first-order chi connectivity index (χ1) is 8.54. The summed E-state index contributed by atoms with van der Waals surface area (Å²) in [6.07, 6.45) is 5.21. The van der Waals surface area contributed by atoms with Crippen LogP contribution in [0.15, 0.2) is 18.3 Å². The van der Waals surface area contributed by atoms with Crippen molar-refractivity contribution >= 4 is 11.7 Å². The van der Waals surface area contributed by atoms with Crippen LogP contribution in [0, 0.1) is 11.8 Å². The molecule has 1 heterocycles. The first kappa shape index (κ1) is 12.9. The fraction of sp³-hybridized carbons (Fsp3) is 0.571. The molecule has 0 spiro atoms. The fourth-order valence-electron chi connectivity index (χ4n) is 2.90. The van der Waals surface area contributed by atoms with Crippen molar-refractivity contribution in [2.45, 2.75) is 39.2 Å². The zero-order chi connectivity index (χ0) is 13.1. The summed E-state index contributed by atoms with van der Waals surface area (Å²) >= 11 is 0. The van der Waals surface area contributed by atoms with Gasteiger partial charge in [-0.05, 0) is 43.2 Å². The quantitative estimate of drug-likeness (QED) is 0.862. The van der Waals surface area contributed by atoms with Gasteiger partial charge >= 0.3 is 0 Å². The number of aromatic nitrogens is 1. The van der Waals surface area contributed by atoms with Crippen molar-refractivity contribution in [3.8, 4) is 0 Å². The molecule has 98 valence electrons. The van der Waals surface area contributed by atoms with Crippen molar-refractivity contribution in [1.82, 2.24) is 4.98 Å². The highest BCUT2D eigenvalue weighted by Gasteiger charge is 2.23. The number of nitrogens with one attached hydrogen (secondary N) is 1. The van der Waals surface area contributed by atoms with Crippen molar-refractivity contribution in [3.05, 3.63) is 23.9 Å². The van der Waals surface area contributed by atoms with Gasteiger partial charge in [0.15, 0.2) is 0 Å². The fourth-order valence-corrected chi connectivity index (χ4v) is 2.90. The summed E-state index contributed by atoms with van der Waals surface area (Å²) in [5.74, 6) is 1.91. The van der Waals surface area contributed by atoms with E-state index in [1.807, 2.05) is 6.07 Å². The number of hydrogen-bond acceptors (Lipinski definition) is 3. The molecule has 18 heavy (non-hydrogen) atoms. The number of amides is 1. The van der Waals surface area contributed by atoms with Crippen LogP contribution >= 0.6 is 0 Å². The zero-order valence-electron chi connectivity index (χ0n) is 11.0. The van der Waals surface area contributed by atoms with Crippen molar-refractivity contribution in [2.24, 2.45) is 17.6 Å². The number of nitrogens with zero attached hydrogens (tertiary/aromatic N) is 1. The lowest BCUT2D eigenvalue weighted by Gasteiger charge is -2.32. The summed E-state index contributed by atoms with van der Waals surface area (Å²) in [7, 11) is 0. The number of nitrogens with two attached hydrogens (primary N) is 1. The summed E-state index contributed by atoms with van der Waals surface area (Å²) in [4.78, 5) is 15.2. The molecule has 4 nitrogen and oxygen atoms in total. The SMILES string of the molecule is CC1CC(C)CC(Nc2ccc(C(N)=O)cn2)C1. The molecule has 1 aromatic heterocycles. The minimum absolute atomic E-state index is 0.436. The van der Waals surface area contributed by atoms with E-state index in [9.17, 15) is 4.79 Å². The Hall–Kier alpha value is -1.58. The predicted octanol–water partition coefficient (Wildman–Crippen LogP) is 2.42. The van der Waals surface area contributed by atoms with Gasteiger partial charge in [0.05, 0.1) is 5.56 Å². The van der Waals surface area contributed by atoms with Crippen LogP contribution in [0.25, 0.3) is 0 Å². The van der Waals surface area contributed by atoms with Crippen LogP contribution in [0.1, 0.15) is 43.5 Å². The minimum atomic E-state index is -0.436. The molecule has 3 N–H and O–H groups in total. The molecule has 1 fully saturated rings. The van der Waals surface area contributed by atoms with E-state index < -0.39 is 5.91 Å². The second kappa shape index (κ2) is 5.38. The second-order valence-corrected chi connectivity index (χ2v) is 5.56. The molecule has 1 saturated carbocycles. The average Bonchev–Trinajstić information content (AvgIpc) is 2.28. The maximum absolute atomic E-state index is 11.0. The Morgan fingerprint density at radius 2 is 1.94 bits per heavy atom. The molecule has 1 amide bonds. The summed E-state index contributed by atoms with van der Waals surface area (Å²) in [6.45, 7) is 4.60. The van der Waals surface area contributed by atoms with Crippen LogP contribution in [0.4, 0.5) is 5.82 Å². The van der Waals surface area contributed by atoms with Crippen LogP contribution < -0.4 is 11.1 Å². The van der Waals surface area contributed by atoms with E-state index in [1.165, 1.54) is 25.5 Å². The largest absolute Gasteiger partial charge is 0.367 e. The van der Waals surface area contributed by atoms with E-state index in [1.54, 1.807) is 6.07 Å². The van der Waals surface area contributed by atoms with Crippen molar-refractivity contribution < 1.29 is 4.79 Å². The monoisotopic (exact) mass is 247 g/mol. The number of primary amides is 1. The third kappa shape index (κ3) is 3.22. The van der Waals surface area contributed by atoms with Gasteiger partial charge in [-0.1, -0.05) is 13.8 Å². The van der Waals surface area contributed by atoms with Crippen LogP contribution in [0.5, 0.6) is 0 Å². The first-order valence-electron chi connectivity index (χ1n) is 6.57. The molecule has 0 aliphatic heterocycles. The lowest BCUT2D eigenvalue weighted by Crippen LogP contribution is -2.30. The summed E-state index contributed by atoms with van der Waals surface area (Å²) < 4.78 is 0. The average molecular weight is 247 g/mol. The highest BCUT2D eigenvalue weighted by Crippen LogP contribution is 2.30. The van der Waals surface area contributed by atoms with Gasteiger partial charge in [-0.15, -0.1) is 0 Å². The number of hydrogen-bond donors (Lipinski definition) is 2. The Kier molecular flexibility index (Phi) is 3.84. The highest BCUT2D eigenvalue weighted by molar-refractivity contribution is 5.92. The lowest BCUT2D eigenvalue weighted by atomic mass is 9.80. The van der Waals surface area contributed by atoms with E-state index in [0.717, 1.165) is 17.7 Å². The Bertz CT molecular complexity index is 406. The summed E-state index contributed by atoms with van der Waals surface area (Å²) in [5, 5.41) is 3.44. The maximum Gasteiger partial charge on any atom is 0.250 e. The molecular formula is C14H21N3O. The zero-order valence-corrected chi connectivity index (χ0v) is 11.0. The normalized spacial score (nSPS) is 27.8. The highest BCUT2D eigenvalue weighted by atomic mass is 16.1. The maximum atomic E-state index is 11.0. The van der Waals surface area contributed by atoms with Crippen LogP contribution in [-0.4, -0.2) is 16.9 Å². The Morgan fingerprint density at radius 1 is 1.28 bits per heavy atom. The van der Waals surface area contributed by atoms with Crippen molar-refractivity contribution in [2.75, 3.05) is 5.32 Å². The van der Waals surface area contributed by atoms with Gasteiger partial charge in [0.1, 0.15) is 5.82 Å². The molecule has 2 atom stereocenters. The molecular weight excluding hydrogens is 226 g/mol. The molecule has 2 unspecified atom stereocenters. The lowest BCUT2D eigenvalue weighted by molar-refractivity contribution is 0.1000. The van der Waals surface area contributed by atoms with Crippen LogP contribution in [-0.2, 0) is 0 Å². The van der Waals surface area contributed by atoms with Gasteiger partial charge in [0, 0.05) is 12.2 Å². The van der Waals surface area contributed by atoms with E-state index in [0.29, 0.717) is 11.6 Å². The van der Waals surface area contributed by atoms with Gasteiger partial charge in [-0.3, -0.25) is 4.79 Å². The van der Waals surface area contributed by atoms with Crippen molar-refractivity contribution in [1.29, 1.82) is 0 Å². The van der Waals surface area contributed by atoms with Crippen molar-refractivity contribution in [3.63, 3.8) is 0 Å². The Morgan fingerprint density at radius 3 is 2.44 bits per heavy atom. The molecule has 0 saturated heterocycles. The molecule has 0 radical (unpaired) electrons. The van der Waals surface area contributed by atoms with Gasteiger partial charge in [0.2, 0.25) is 5.91 Å². The summed E-state index contributed by atoms with van der Waals surface area (Å²) in [5.41, 5.74) is 5.64. The second-order valence-electron chi connectivity index (χ2n) is 5.56. The number of rotatable bonds is 3. The van der Waals surface area contributed by atoms with E-state index >= 15 is 0 Å². The molecule has 1 aliphatic carbocycles. The third-order valence-electron chi connectivity index (χ3n) is 3.58. The molecule has 0 aromatic carbocycles. The van der Waals surface area contributed by atoms with E-state index in [4.69, 9.17) is 5.73 Å². The van der Waals surface area contributed by atoms with Crippen LogP contribution in [0.2, 0.25) is 0 Å². The standard InChI is InChI=1S/C14H21N3O/c1-9-5-10(2)7-12(6-9)17-13-4-3-11(8-16-13)14(15)18/h3-4,8-10,12H,5-7H2,1-2H3,(H2,15,18)(H,16,17). The smallest absolute Gasteiger partial charge is 0.250 e. The molecule has 4 heteroatoms. The third-order valence-corrected chi connectivity index (χ3v) is 3.58.